The summed E-state index contributed by atoms with van der Waals surface area (Å²) in [7, 11) is 0. The van der Waals surface area contributed by atoms with Crippen molar-refractivity contribution in [2.45, 2.75) is 31.5 Å². The first kappa shape index (κ1) is 15.3. The Kier molecular flexibility index (Phi) is 3.89. The minimum Gasteiger partial charge on any atom is -0.342 e. The zero-order chi connectivity index (χ0) is 15.9. The number of alkyl halides is 3. The number of likely N-dealkylation sites (tertiary alicyclic amines) is 1. The van der Waals surface area contributed by atoms with E-state index in [9.17, 15) is 18.0 Å². The molecular weight excluding hydrogens is 293 g/mol. The van der Waals surface area contributed by atoms with Gasteiger partial charge in [-0.25, -0.2) is 0 Å². The van der Waals surface area contributed by atoms with Gasteiger partial charge in [0.1, 0.15) is 0 Å². The summed E-state index contributed by atoms with van der Waals surface area (Å²) in [5.41, 5.74) is 5.35. The molecule has 3 rings (SSSR count). The highest BCUT2D eigenvalue weighted by Gasteiger charge is 2.42. The maximum absolute atomic E-state index is 13.0. The van der Waals surface area contributed by atoms with Gasteiger partial charge in [0.2, 0.25) is 5.91 Å². The molecule has 2 aliphatic rings. The lowest BCUT2D eigenvalue weighted by Gasteiger charge is -2.20. The van der Waals surface area contributed by atoms with Gasteiger partial charge in [0, 0.05) is 19.1 Å². The van der Waals surface area contributed by atoms with Crippen LogP contribution in [0.5, 0.6) is 0 Å². The van der Waals surface area contributed by atoms with Gasteiger partial charge >= 0.3 is 6.18 Å². The molecule has 0 aromatic heterocycles. The summed E-state index contributed by atoms with van der Waals surface area (Å²) in [5, 5.41) is 0. The van der Waals surface area contributed by atoms with Gasteiger partial charge in [-0.3, -0.25) is 4.79 Å². The highest BCUT2D eigenvalue weighted by atomic mass is 19.4. The zero-order valence-electron chi connectivity index (χ0n) is 12.1. The Morgan fingerprint density at radius 1 is 1.23 bits per heavy atom. The number of fused-ring (bicyclic) bond motifs is 1. The van der Waals surface area contributed by atoms with Crippen LogP contribution in [0.1, 0.15) is 24.0 Å². The van der Waals surface area contributed by atoms with Crippen LogP contribution in [0.25, 0.3) is 0 Å². The molecule has 1 saturated heterocycles. The first-order chi connectivity index (χ1) is 10.4. The highest BCUT2D eigenvalue weighted by molar-refractivity contribution is 5.79. The summed E-state index contributed by atoms with van der Waals surface area (Å²) in [6.45, 7) is 1.21. The van der Waals surface area contributed by atoms with Crippen molar-refractivity contribution >= 4 is 5.91 Å². The molecule has 1 heterocycles. The first-order valence-corrected chi connectivity index (χ1v) is 7.54. The third-order valence-electron chi connectivity index (χ3n) is 4.93. The number of amides is 1. The summed E-state index contributed by atoms with van der Waals surface area (Å²) in [4.78, 5) is 14.0. The Bertz CT molecular complexity index is 573. The smallest absolute Gasteiger partial charge is 0.342 e. The van der Waals surface area contributed by atoms with Crippen LogP contribution < -0.4 is 5.73 Å². The maximum Gasteiger partial charge on any atom is 0.416 e. The van der Waals surface area contributed by atoms with E-state index in [1.807, 2.05) is 0 Å². The lowest BCUT2D eigenvalue weighted by atomic mass is 9.98. The van der Waals surface area contributed by atoms with Gasteiger partial charge in [-0.2, -0.15) is 13.2 Å². The van der Waals surface area contributed by atoms with Crippen LogP contribution in [0.4, 0.5) is 13.2 Å². The van der Waals surface area contributed by atoms with E-state index >= 15 is 0 Å². The molecule has 0 spiro atoms. The van der Waals surface area contributed by atoms with E-state index in [2.05, 4.69) is 0 Å². The van der Waals surface area contributed by atoms with Crippen LogP contribution >= 0.6 is 0 Å². The van der Waals surface area contributed by atoms with Crippen molar-refractivity contribution in [2.24, 2.45) is 17.6 Å². The van der Waals surface area contributed by atoms with Gasteiger partial charge in [0.25, 0.3) is 0 Å². The molecule has 1 aromatic rings. The second kappa shape index (κ2) is 5.57. The Labute approximate surface area is 127 Å². The molecule has 0 bridgehead atoms. The number of carbonyl (C=O) groups is 1. The molecular formula is C16H19F3N2O. The van der Waals surface area contributed by atoms with Crippen LogP contribution in [-0.4, -0.2) is 29.9 Å². The van der Waals surface area contributed by atoms with Crippen molar-refractivity contribution in [3.8, 4) is 0 Å². The van der Waals surface area contributed by atoms with Gasteiger partial charge in [-0.1, -0.05) is 18.2 Å². The van der Waals surface area contributed by atoms with Crippen LogP contribution in [0, 0.1) is 11.8 Å². The third-order valence-corrected chi connectivity index (χ3v) is 4.93. The molecule has 2 N–H and O–H groups in total. The molecule has 6 heteroatoms. The molecule has 1 aliphatic heterocycles. The average Bonchev–Trinajstić information content (AvgIpc) is 3.01. The van der Waals surface area contributed by atoms with Crippen molar-refractivity contribution in [3.05, 3.63) is 35.4 Å². The number of hydrogen-bond donors (Lipinski definition) is 1. The van der Waals surface area contributed by atoms with Crippen LogP contribution in [-0.2, 0) is 17.4 Å². The van der Waals surface area contributed by atoms with E-state index in [1.54, 1.807) is 4.90 Å². The Morgan fingerprint density at radius 2 is 1.95 bits per heavy atom. The van der Waals surface area contributed by atoms with E-state index in [1.165, 1.54) is 18.2 Å². The quantitative estimate of drug-likeness (QED) is 0.912. The first-order valence-electron chi connectivity index (χ1n) is 7.54. The van der Waals surface area contributed by atoms with E-state index in [0.29, 0.717) is 24.9 Å². The molecule has 1 amide bonds. The zero-order valence-corrected chi connectivity index (χ0v) is 12.1. The second-order valence-corrected chi connectivity index (χ2v) is 6.30. The third kappa shape index (κ3) is 2.84. The second-order valence-electron chi connectivity index (χ2n) is 6.30. The van der Waals surface area contributed by atoms with E-state index < -0.39 is 11.7 Å². The fourth-order valence-corrected chi connectivity index (χ4v) is 3.74. The number of benzene rings is 1. The molecule has 3 atom stereocenters. The molecule has 1 aliphatic carbocycles. The summed E-state index contributed by atoms with van der Waals surface area (Å²) < 4.78 is 38.9. The topological polar surface area (TPSA) is 46.3 Å². The lowest BCUT2D eigenvalue weighted by Crippen LogP contribution is -2.34. The minimum absolute atomic E-state index is 0.0429. The normalized spacial score (nSPS) is 28.0. The maximum atomic E-state index is 13.0. The SMILES string of the molecule is NC1CCC2CN(C(=O)Cc3ccccc3C(F)(F)F)CC12. The number of carbonyl (C=O) groups excluding carboxylic acids is 1. The fraction of sp³-hybridized carbons (Fsp3) is 0.562. The van der Waals surface area contributed by atoms with Crippen molar-refractivity contribution in [2.75, 3.05) is 13.1 Å². The van der Waals surface area contributed by atoms with Gasteiger partial charge < -0.3 is 10.6 Å². The van der Waals surface area contributed by atoms with Crippen molar-refractivity contribution in [3.63, 3.8) is 0 Å². The predicted molar refractivity (Wildman–Crippen MR) is 75.9 cm³/mol. The average molecular weight is 312 g/mol. The Morgan fingerprint density at radius 3 is 2.64 bits per heavy atom. The van der Waals surface area contributed by atoms with Crippen LogP contribution in [0.2, 0.25) is 0 Å². The molecule has 2 fully saturated rings. The van der Waals surface area contributed by atoms with Gasteiger partial charge in [-0.15, -0.1) is 0 Å². The molecule has 3 unspecified atom stereocenters. The van der Waals surface area contributed by atoms with Crippen molar-refractivity contribution < 1.29 is 18.0 Å². The summed E-state index contributed by atoms with van der Waals surface area (Å²) >= 11 is 0. The molecule has 22 heavy (non-hydrogen) atoms. The standard InChI is InChI=1S/C16H19F3N2O/c17-16(18,19)13-4-2-1-3-10(13)7-15(22)21-8-11-5-6-14(20)12(11)9-21/h1-4,11-12,14H,5-9,20H2. The monoisotopic (exact) mass is 312 g/mol. The molecule has 3 nitrogen and oxygen atoms in total. The number of nitrogens with zero attached hydrogens (tertiary/aromatic N) is 1. The Balaban J connectivity index is 1.71. The van der Waals surface area contributed by atoms with Crippen LogP contribution in [0.3, 0.4) is 0 Å². The minimum atomic E-state index is -4.43. The predicted octanol–water partition coefficient (Wildman–Crippen LogP) is 2.44. The largest absolute Gasteiger partial charge is 0.416 e. The number of hydrogen-bond acceptors (Lipinski definition) is 2. The Hall–Kier alpha value is -1.56. The summed E-state index contributed by atoms with van der Waals surface area (Å²) in [5.74, 6) is 0.483. The lowest BCUT2D eigenvalue weighted by molar-refractivity contribution is -0.138. The number of rotatable bonds is 2. The van der Waals surface area contributed by atoms with Crippen LogP contribution in [0.15, 0.2) is 24.3 Å². The van der Waals surface area contributed by atoms with E-state index in [0.717, 1.165) is 18.9 Å². The number of nitrogens with two attached hydrogens (primary N) is 1. The van der Waals surface area contributed by atoms with Gasteiger partial charge in [0.05, 0.1) is 12.0 Å². The van der Waals surface area contributed by atoms with E-state index in [-0.39, 0.29) is 23.9 Å². The van der Waals surface area contributed by atoms with Gasteiger partial charge in [-0.05, 0) is 36.3 Å². The summed E-state index contributed by atoms with van der Waals surface area (Å²) in [6.07, 6.45) is -2.64. The molecule has 0 radical (unpaired) electrons. The summed E-state index contributed by atoms with van der Waals surface area (Å²) in [6, 6.07) is 5.40. The van der Waals surface area contributed by atoms with Crippen molar-refractivity contribution in [1.82, 2.24) is 4.90 Å². The number of halogens is 3. The highest BCUT2D eigenvalue weighted by Crippen LogP contribution is 2.38. The van der Waals surface area contributed by atoms with Gasteiger partial charge in [0.15, 0.2) is 0 Å². The molecule has 1 aromatic carbocycles. The molecule has 120 valence electrons. The fourth-order valence-electron chi connectivity index (χ4n) is 3.74. The van der Waals surface area contributed by atoms with Crippen molar-refractivity contribution in [1.29, 1.82) is 0 Å². The van der Waals surface area contributed by atoms with E-state index in [4.69, 9.17) is 5.73 Å². The molecule has 1 saturated carbocycles.